The van der Waals surface area contributed by atoms with Gasteiger partial charge >= 0.3 is 0 Å². The lowest BCUT2D eigenvalue weighted by atomic mass is 10.2. The third kappa shape index (κ3) is 4.02. The van der Waals surface area contributed by atoms with Crippen molar-refractivity contribution in [3.05, 3.63) is 42.0 Å². The van der Waals surface area contributed by atoms with E-state index >= 15 is 0 Å². The molecule has 134 valence electrons. The van der Waals surface area contributed by atoms with Crippen LogP contribution in [0.25, 0.3) is 0 Å². The number of nitrogens with one attached hydrogen (secondary N) is 1. The van der Waals surface area contributed by atoms with Gasteiger partial charge in [-0.25, -0.2) is 8.42 Å². The largest absolute Gasteiger partial charge is 0.497 e. The van der Waals surface area contributed by atoms with Crippen molar-refractivity contribution >= 4 is 32.3 Å². The number of piperidine rings is 1. The molecule has 1 amide bonds. The van der Waals surface area contributed by atoms with Crippen LogP contribution < -0.4 is 10.1 Å². The Hall–Kier alpha value is -1.90. The van der Waals surface area contributed by atoms with E-state index in [1.807, 2.05) is 0 Å². The fourth-order valence-electron chi connectivity index (χ4n) is 2.71. The molecule has 0 atom stereocenters. The molecule has 0 bridgehead atoms. The lowest BCUT2D eigenvalue weighted by molar-refractivity contribution is 0.102. The second-order valence-electron chi connectivity index (χ2n) is 5.77. The number of benzene rings is 1. The minimum Gasteiger partial charge on any atom is -0.497 e. The van der Waals surface area contributed by atoms with Crippen molar-refractivity contribution in [1.82, 2.24) is 4.31 Å². The molecule has 8 heteroatoms. The van der Waals surface area contributed by atoms with Crippen molar-refractivity contribution < 1.29 is 17.9 Å². The summed E-state index contributed by atoms with van der Waals surface area (Å²) in [5, 5.41) is 3.25. The van der Waals surface area contributed by atoms with E-state index in [4.69, 9.17) is 4.74 Å². The van der Waals surface area contributed by atoms with Crippen molar-refractivity contribution in [3.8, 4) is 5.75 Å². The van der Waals surface area contributed by atoms with Gasteiger partial charge in [0.1, 0.15) is 9.96 Å². The molecular formula is C17H20N2O4S2. The van der Waals surface area contributed by atoms with Crippen LogP contribution in [0.5, 0.6) is 5.75 Å². The Morgan fingerprint density at radius 2 is 1.92 bits per heavy atom. The molecule has 1 fully saturated rings. The molecule has 0 saturated carbocycles. The summed E-state index contributed by atoms with van der Waals surface area (Å²) in [6, 6.07) is 9.97. The predicted molar refractivity (Wildman–Crippen MR) is 97.9 cm³/mol. The van der Waals surface area contributed by atoms with Crippen molar-refractivity contribution in [2.45, 2.75) is 23.5 Å². The summed E-state index contributed by atoms with van der Waals surface area (Å²) in [5.41, 5.74) is 0.452. The van der Waals surface area contributed by atoms with Crippen molar-refractivity contribution in [3.63, 3.8) is 0 Å². The highest BCUT2D eigenvalue weighted by Gasteiger charge is 2.27. The van der Waals surface area contributed by atoms with Crippen LogP contribution in [0.3, 0.4) is 0 Å². The monoisotopic (exact) mass is 380 g/mol. The third-order valence-corrected chi connectivity index (χ3v) is 7.43. The zero-order chi connectivity index (χ0) is 17.9. The molecular weight excluding hydrogens is 360 g/mol. The van der Waals surface area contributed by atoms with E-state index in [2.05, 4.69) is 5.32 Å². The second-order valence-corrected chi connectivity index (χ2v) is 9.02. The van der Waals surface area contributed by atoms with E-state index in [0.29, 0.717) is 29.4 Å². The number of amides is 1. The zero-order valence-electron chi connectivity index (χ0n) is 13.9. The van der Waals surface area contributed by atoms with Gasteiger partial charge in [0.2, 0.25) is 0 Å². The molecule has 2 aromatic rings. The first-order valence-corrected chi connectivity index (χ1v) is 10.3. The number of hydrogen-bond donors (Lipinski definition) is 1. The van der Waals surface area contributed by atoms with Crippen LogP contribution in [0.1, 0.15) is 29.6 Å². The number of anilines is 1. The number of rotatable bonds is 5. The summed E-state index contributed by atoms with van der Waals surface area (Å²) in [5.74, 6) is 0.287. The minimum atomic E-state index is -3.47. The van der Waals surface area contributed by atoms with Gasteiger partial charge in [0, 0.05) is 18.7 Å². The average Bonchev–Trinajstić information content (AvgIpc) is 3.12. The molecule has 0 radical (unpaired) electrons. The summed E-state index contributed by atoms with van der Waals surface area (Å²) >= 11 is 1.07. The maximum Gasteiger partial charge on any atom is 0.256 e. The van der Waals surface area contributed by atoms with Crippen molar-refractivity contribution in [2.24, 2.45) is 0 Å². The lowest BCUT2D eigenvalue weighted by Crippen LogP contribution is -2.35. The fraction of sp³-hybridized carbons (Fsp3) is 0.353. The molecule has 0 aliphatic carbocycles. The maximum absolute atomic E-state index is 12.6. The standard InChI is InChI=1S/C17H20N2O4S2/c1-23-14-7-5-6-13(12-14)17(20)18-15-8-9-16(24-15)25(21,22)19-10-3-2-4-11-19/h5-9,12H,2-4,10-11H2,1H3,(H,18,20). The lowest BCUT2D eigenvalue weighted by Gasteiger charge is -2.25. The van der Waals surface area contributed by atoms with Crippen LogP contribution in [0.4, 0.5) is 5.00 Å². The van der Waals surface area contributed by atoms with E-state index in [0.717, 1.165) is 30.6 Å². The molecule has 1 N–H and O–H groups in total. The Kier molecular flexibility index (Phi) is 5.41. The van der Waals surface area contributed by atoms with Gasteiger partial charge in [-0.05, 0) is 43.2 Å². The molecule has 3 rings (SSSR count). The number of ether oxygens (including phenoxy) is 1. The SMILES string of the molecule is COc1cccc(C(=O)Nc2ccc(S(=O)(=O)N3CCCCC3)s2)c1. The molecule has 1 aromatic heterocycles. The smallest absolute Gasteiger partial charge is 0.256 e. The Bertz CT molecular complexity index is 855. The highest BCUT2D eigenvalue weighted by atomic mass is 32.2. The number of methoxy groups -OCH3 is 1. The zero-order valence-corrected chi connectivity index (χ0v) is 15.5. The Morgan fingerprint density at radius 3 is 2.64 bits per heavy atom. The minimum absolute atomic E-state index is 0.260. The Labute approximate surface area is 151 Å². The highest BCUT2D eigenvalue weighted by molar-refractivity contribution is 7.91. The number of carbonyl (C=O) groups excluding carboxylic acids is 1. The molecule has 2 heterocycles. The van der Waals surface area contributed by atoms with Crippen LogP contribution in [-0.2, 0) is 10.0 Å². The van der Waals surface area contributed by atoms with Crippen LogP contribution in [0.2, 0.25) is 0 Å². The molecule has 0 unspecified atom stereocenters. The summed E-state index contributed by atoms with van der Waals surface area (Å²) in [4.78, 5) is 12.3. The maximum atomic E-state index is 12.6. The summed E-state index contributed by atoms with van der Waals surface area (Å²) < 4.78 is 32.2. The highest BCUT2D eigenvalue weighted by Crippen LogP contribution is 2.30. The van der Waals surface area contributed by atoms with E-state index < -0.39 is 10.0 Å². The van der Waals surface area contributed by atoms with Crippen molar-refractivity contribution in [1.29, 1.82) is 0 Å². The third-order valence-electron chi connectivity index (χ3n) is 4.06. The summed E-state index contributed by atoms with van der Waals surface area (Å²) in [7, 11) is -1.94. The number of carbonyl (C=O) groups is 1. The Balaban J connectivity index is 1.73. The summed E-state index contributed by atoms with van der Waals surface area (Å²) in [6.07, 6.45) is 2.85. The average molecular weight is 380 g/mol. The molecule has 1 aliphatic rings. The molecule has 1 saturated heterocycles. The number of nitrogens with zero attached hydrogens (tertiary/aromatic N) is 1. The van der Waals surface area contributed by atoms with Crippen LogP contribution in [0.15, 0.2) is 40.6 Å². The van der Waals surface area contributed by atoms with E-state index in [1.165, 1.54) is 11.4 Å². The summed E-state index contributed by atoms with van der Waals surface area (Å²) in [6.45, 7) is 1.12. The molecule has 25 heavy (non-hydrogen) atoms. The number of thiophene rings is 1. The first-order chi connectivity index (χ1) is 12.0. The van der Waals surface area contributed by atoms with E-state index in [-0.39, 0.29) is 10.1 Å². The molecule has 1 aliphatic heterocycles. The number of sulfonamides is 1. The topological polar surface area (TPSA) is 75.7 Å². The van der Waals surface area contributed by atoms with Crippen LogP contribution in [0, 0.1) is 0 Å². The normalized spacial score (nSPS) is 15.7. The molecule has 6 nitrogen and oxygen atoms in total. The van der Waals surface area contributed by atoms with Gasteiger partial charge in [-0.15, -0.1) is 11.3 Å². The van der Waals surface area contributed by atoms with Crippen LogP contribution >= 0.6 is 11.3 Å². The van der Waals surface area contributed by atoms with E-state index in [9.17, 15) is 13.2 Å². The first-order valence-electron chi connectivity index (χ1n) is 8.06. The van der Waals surface area contributed by atoms with Gasteiger partial charge in [-0.2, -0.15) is 4.31 Å². The number of hydrogen-bond acceptors (Lipinski definition) is 5. The van der Waals surface area contributed by atoms with Gasteiger partial charge in [-0.1, -0.05) is 12.5 Å². The van der Waals surface area contributed by atoms with Gasteiger partial charge in [0.25, 0.3) is 15.9 Å². The van der Waals surface area contributed by atoms with E-state index in [1.54, 1.807) is 36.4 Å². The molecule has 1 aromatic carbocycles. The Morgan fingerprint density at radius 1 is 1.16 bits per heavy atom. The van der Waals surface area contributed by atoms with Crippen molar-refractivity contribution in [2.75, 3.05) is 25.5 Å². The van der Waals surface area contributed by atoms with Gasteiger partial charge in [0.15, 0.2) is 0 Å². The second kappa shape index (κ2) is 7.55. The predicted octanol–water partition coefficient (Wildman–Crippen LogP) is 3.18. The van der Waals surface area contributed by atoms with Gasteiger partial charge in [0.05, 0.1) is 12.1 Å². The first kappa shape index (κ1) is 17.9. The molecule has 0 spiro atoms. The van der Waals surface area contributed by atoms with Gasteiger partial charge < -0.3 is 10.1 Å². The van der Waals surface area contributed by atoms with Crippen LogP contribution in [-0.4, -0.2) is 38.8 Å². The fourth-order valence-corrected chi connectivity index (χ4v) is 5.58. The quantitative estimate of drug-likeness (QED) is 0.864. The van der Waals surface area contributed by atoms with Gasteiger partial charge in [-0.3, -0.25) is 4.79 Å².